The number of aryl methyl sites for hydroxylation is 1. The van der Waals surface area contributed by atoms with E-state index in [4.69, 9.17) is 4.42 Å². The van der Waals surface area contributed by atoms with E-state index in [2.05, 4.69) is 15.3 Å². The standard InChI is InChI=1S/C11H13N3OS/c1-7-11(16-6-14-7)9-4-13-10(15-9)5-12-8-2-3-8/h4,6,8,12H,2-3,5H2,1H3. The van der Waals surface area contributed by atoms with Crippen molar-refractivity contribution in [2.75, 3.05) is 0 Å². The van der Waals surface area contributed by atoms with E-state index >= 15 is 0 Å². The zero-order valence-electron chi connectivity index (χ0n) is 9.06. The lowest BCUT2D eigenvalue weighted by Crippen LogP contribution is -2.15. The number of nitrogens with one attached hydrogen (secondary N) is 1. The van der Waals surface area contributed by atoms with Gasteiger partial charge in [0.2, 0.25) is 5.89 Å². The number of hydrogen-bond donors (Lipinski definition) is 1. The summed E-state index contributed by atoms with van der Waals surface area (Å²) in [5, 5.41) is 3.38. The molecule has 0 aliphatic heterocycles. The Balaban J connectivity index is 1.74. The molecule has 2 heterocycles. The van der Waals surface area contributed by atoms with Gasteiger partial charge in [0.25, 0.3) is 0 Å². The van der Waals surface area contributed by atoms with Crippen LogP contribution in [0.2, 0.25) is 0 Å². The van der Waals surface area contributed by atoms with E-state index in [1.54, 1.807) is 17.5 Å². The summed E-state index contributed by atoms with van der Waals surface area (Å²) in [5.74, 6) is 1.59. The van der Waals surface area contributed by atoms with Crippen LogP contribution < -0.4 is 5.32 Å². The van der Waals surface area contributed by atoms with Crippen molar-refractivity contribution >= 4 is 11.3 Å². The maximum absolute atomic E-state index is 5.68. The average molecular weight is 235 g/mol. The van der Waals surface area contributed by atoms with Crippen LogP contribution in [-0.4, -0.2) is 16.0 Å². The minimum atomic E-state index is 0.681. The lowest BCUT2D eigenvalue weighted by atomic mass is 10.3. The van der Waals surface area contributed by atoms with Gasteiger partial charge in [0, 0.05) is 6.04 Å². The highest BCUT2D eigenvalue weighted by Gasteiger charge is 2.21. The normalized spacial score (nSPS) is 15.6. The molecule has 1 N–H and O–H groups in total. The van der Waals surface area contributed by atoms with Crippen LogP contribution in [0.3, 0.4) is 0 Å². The average Bonchev–Trinajstić information content (AvgIpc) is 2.82. The van der Waals surface area contributed by atoms with Gasteiger partial charge in [-0.15, -0.1) is 11.3 Å². The number of nitrogens with zero attached hydrogens (tertiary/aromatic N) is 2. The van der Waals surface area contributed by atoms with Gasteiger partial charge in [-0.25, -0.2) is 9.97 Å². The minimum absolute atomic E-state index is 0.681. The minimum Gasteiger partial charge on any atom is -0.438 e. The van der Waals surface area contributed by atoms with Gasteiger partial charge >= 0.3 is 0 Å². The van der Waals surface area contributed by atoms with Crippen LogP contribution in [0.5, 0.6) is 0 Å². The fourth-order valence-corrected chi connectivity index (χ4v) is 2.30. The molecule has 5 heteroatoms. The Hall–Kier alpha value is -1.20. The first-order chi connectivity index (χ1) is 7.83. The Labute approximate surface area is 97.7 Å². The van der Waals surface area contributed by atoms with E-state index in [-0.39, 0.29) is 0 Å². The van der Waals surface area contributed by atoms with Gasteiger partial charge in [0.1, 0.15) is 0 Å². The van der Waals surface area contributed by atoms with Crippen LogP contribution in [0.25, 0.3) is 10.6 Å². The van der Waals surface area contributed by atoms with Crippen LogP contribution in [0.15, 0.2) is 16.1 Å². The van der Waals surface area contributed by atoms with Crippen molar-refractivity contribution in [1.29, 1.82) is 0 Å². The smallest absolute Gasteiger partial charge is 0.208 e. The Morgan fingerprint density at radius 2 is 2.38 bits per heavy atom. The second-order valence-electron chi connectivity index (χ2n) is 4.04. The van der Waals surface area contributed by atoms with Crippen molar-refractivity contribution in [1.82, 2.24) is 15.3 Å². The third-order valence-electron chi connectivity index (χ3n) is 2.64. The third kappa shape index (κ3) is 2.01. The topological polar surface area (TPSA) is 51.0 Å². The molecular weight excluding hydrogens is 222 g/mol. The molecule has 0 unspecified atom stereocenters. The zero-order valence-corrected chi connectivity index (χ0v) is 9.88. The second-order valence-corrected chi connectivity index (χ2v) is 4.90. The van der Waals surface area contributed by atoms with E-state index in [0.717, 1.165) is 28.8 Å². The first-order valence-corrected chi connectivity index (χ1v) is 6.29. The number of rotatable bonds is 4. The highest BCUT2D eigenvalue weighted by molar-refractivity contribution is 7.13. The highest BCUT2D eigenvalue weighted by Crippen LogP contribution is 2.27. The molecule has 4 nitrogen and oxygen atoms in total. The fraction of sp³-hybridized carbons (Fsp3) is 0.455. The summed E-state index contributed by atoms with van der Waals surface area (Å²) in [5.41, 5.74) is 2.83. The number of hydrogen-bond acceptors (Lipinski definition) is 5. The van der Waals surface area contributed by atoms with Crippen LogP contribution in [-0.2, 0) is 6.54 Å². The summed E-state index contributed by atoms with van der Waals surface area (Å²) in [4.78, 5) is 9.54. The number of thiazole rings is 1. The zero-order chi connectivity index (χ0) is 11.0. The molecule has 0 saturated heterocycles. The molecule has 0 atom stereocenters. The van der Waals surface area contributed by atoms with Crippen molar-refractivity contribution in [3.05, 3.63) is 23.3 Å². The largest absolute Gasteiger partial charge is 0.438 e. The van der Waals surface area contributed by atoms with Gasteiger partial charge in [-0.05, 0) is 19.8 Å². The molecule has 84 valence electrons. The first-order valence-electron chi connectivity index (χ1n) is 5.41. The summed E-state index contributed by atoms with van der Waals surface area (Å²) in [6.45, 7) is 2.71. The van der Waals surface area contributed by atoms with E-state index in [0.29, 0.717) is 6.04 Å². The molecule has 0 radical (unpaired) electrons. The Morgan fingerprint density at radius 3 is 3.06 bits per heavy atom. The molecular formula is C11H13N3OS. The van der Waals surface area contributed by atoms with E-state index < -0.39 is 0 Å². The molecule has 3 rings (SSSR count). The maximum atomic E-state index is 5.68. The van der Waals surface area contributed by atoms with Gasteiger partial charge in [0.15, 0.2) is 5.76 Å². The van der Waals surface area contributed by atoms with E-state index in [1.165, 1.54) is 12.8 Å². The second kappa shape index (κ2) is 3.99. The third-order valence-corrected chi connectivity index (χ3v) is 3.59. The maximum Gasteiger partial charge on any atom is 0.208 e. The van der Waals surface area contributed by atoms with Gasteiger partial charge < -0.3 is 9.73 Å². The predicted octanol–water partition coefficient (Wildman–Crippen LogP) is 2.36. The molecule has 1 aliphatic carbocycles. The van der Waals surface area contributed by atoms with E-state index in [9.17, 15) is 0 Å². The van der Waals surface area contributed by atoms with Gasteiger partial charge in [-0.3, -0.25) is 0 Å². The van der Waals surface area contributed by atoms with Crippen LogP contribution in [0.1, 0.15) is 24.4 Å². The first kappa shape index (κ1) is 9.99. The Bertz CT molecular complexity index is 487. The summed E-state index contributed by atoms with van der Waals surface area (Å²) in [7, 11) is 0. The molecule has 2 aromatic heterocycles. The summed E-state index contributed by atoms with van der Waals surface area (Å²) in [6.07, 6.45) is 4.34. The molecule has 0 amide bonds. The van der Waals surface area contributed by atoms with E-state index in [1.807, 2.05) is 12.4 Å². The molecule has 16 heavy (non-hydrogen) atoms. The van der Waals surface area contributed by atoms with Crippen LogP contribution >= 0.6 is 11.3 Å². The van der Waals surface area contributed by atoms with Crippen molar-refractivity contribution < 1.29 is 4.42 Å². The van der Waals surface area contributed by atoms with Gasteiger partial charge in [-0.2, -0.15) is 0 Å². The van der Waals surface area contributed by atoms with Crippen LogP contribution in [0, 0.1) is 6.92 Å². The molecule has 1 saturated carbocycles. The lowest BCUT2D eigenvalue weighted by Gasteiger charge is -1.96. The molecule has 0 bridgehead atoms. The predicted molar refractivity (Wildman–Crippen MR) is 62.2 cm³/mol. The molecule has 0 spiro atoms. The van der Waals surface area contributed by atoms with Crippen molar-refractivity contribution in [3.8, 4) is 10.6 Å². The number of oxazole rings is 1. The monoisotopic (exact) mass is 235 g/mol. The SMILES string of the molecule is Cc1ncsc1-c1cnc(CNC2CC2)o1. The Kier molecular flexibility index (Phi) is 2.49. The summed E-state index contributed by atoms with van der Waals surface area (Å²) >= 11 is 1.59. The van der Waals surface area contributed by atoms with Gasteiger partial charge in [-0.1, -0.05) is 0 Å². The Morgan fingerprint density at radius 1 is 1.50 bits per heavy atom. The van der Waals surface area contributed by atoms with Gasteiger partial charge in [0.05, 0.1) is 28.8 Å². The van der Waals surface area contributed by atoms with Crippen molar-refractivity contribution in [3.63, 3.8) is 0 Å². The fourth-order valence-electron chi connectivity index (χ4n) is 1.55. The lowest BCUT2D eigenvalue weighted by molar-refractivity contribution is 0.477. The molecule has 1 aliphatic rings. The van der Waals surface area contributed by atoms with Crippen LogP contribution in [0.4, 0.5) is 0 Å². The highest BCUT2D eigenvalue weighted by atomic mass is 32.1. The summed E-state index contributed by atoms with van der Waals surface area (Å²) < 4.78 is 5.68. The van der Waals surface area contributed by atoms with Crippen molar-refractivity contribution in [2.24, 2.45) is 0 Å². The quantitative estimate of drug-likeness (QED) is 0.883. The van der Waals surface area contributed by atoms with Crippen molar-refractivity contribution in [2.45, 2.75) is 32.4 Å². The molecule has 2 aromatic rings. The molecule has 1 fully saturated rings. The number of aromatic nitrogens is 2. The molecule has 0 aromatic carbocycles. The summed E-state index contributed by atoms with van der Waals surface area (Å²) in [6, 6.07) is 0.681.